The summed E-state index contributed by atoms with van der Waals surface area (Å²) < 4.78 is 10.7. The number of allylic oxidation sites excluding steroid dienone is 2. The Hall–Kier alpha value is -1.09. The van der Waals surface area contributed by atoms with Gasteiger partial charge in [-0.25, -0.2) is 0 Å². The molecule has 0 radical (unpaired) electrons. The van der Waals surface area contributed by atoms with E-state index < -0.39 is 11.0 Å². The van der Waals surface area contributed by atoms with Gasteiger partial charge in [0.15, 0.2) is 6.79 Å². The lowest BCUT2D eigenvalue weighted by atomic mass is 9.97. The van der Waals surface area contributed by atoms with Gasteiger partial charge in [-0.05, 0) is 54.4 Å². The van der Waals surface area contributed by atoms with Gasteiger partial charge in [0.1, 0.15) is 0 Å². The van der Waals surface area contributed by atoms with Crippen molar-refractivity contribution in [3.05, 3.63) is 24.3 Å². The molecule has 0 aliphatic carbocycles. The molecule has 0 aromatic carbocycles. The van der Waals surface area contributed by atoms with Gasteiger partial charge in [0.2, 0.25) is 0 Å². The van der Waals surface area contributed by atoms with Crippen LogP contribution in [-0.4, -0.2) is 18.4 Å². The number of carbonyl (C=O) groups is 1. The second kappa shape index (κ2) is 7.49. The summed E-state index contributed by atoms with van der Waals surface area (Å²) in [6, 6.07) is 0. The average Bonchev–Trinajstić information content (AvgIpc) is 2.27. The molecule has 0 bridgehead atoms. The number of carbonyl (C=O) groups excluding carboxylic acids is 1. The van der Waals surface area contributed by atoms with Gasteiger partial charge < -0.3 is 9.47 Å². The topological polar surface area (TPSA) is 35.5 Å². The molecular formula is C16H28O3. The highest BCUT2D eigenvalue weighted by molar-refractivity contribution is 5.75. The Morgan fingerprint density at radius 1 is 1.21 bits per heavy atom. The number of ether oxygens (including phenoxy) is 2. The predicted octanol–water partition coefficient (Wildman–Crippen LogP) is 4.24. The average molecular weight is 268 g/mol. The van der Waals surface area contributed by atoms with Crippen molar-refractivity contribution in [3.63, 3.8) is 0 Å². The first kappa shape index (κ1) is 17.9. The minimum absolute atomic E-state index is 0.0343. The molecule has 3 heteroatoms. The Balaban J connectivity index is 4.22. The molecule has 0 saturated heterocycles. The maximum Gasteiger partial charge on any atom is 0.313 e. The van der Waals surface area contributed by atoms with Crippen molar-refractivity contribution in [1.82, 2.24) is 0 Å². The van der Waals surface area contributed by atoms with Gasteiger partial charge in [-0.3, -0.25) is 4.79 Å². The first-order valence-electron chi connectivity index (χ1n) is 6.69. The van der Waals surface area contributed by atoms with Gasteiger partial charge in [-0.15, -0.1) is 6.58 Å². The van der Waals surface area contributed by atoms with Crippen LogP contribution in [0.4, 0.5) is 0 Å². The van der Waals surface area contributed by atoms with E-state index in [1.807, 2.05) is 27.7 Å². The van der Waals surface area contributed by atoms with Crippen LogP contribution >= 0.6 is 0 Å². The largest absolute Gasteiger partial charge is 0.438 e. The fourth-order valence-corrected chi connectivity index (χ4v) is 1.31. The molecule has 0 saturated carbocycles. The molecule has 0 aliphatic rings. The highest BCUT2D eigenvalue weighted by Crippen LogP contribution is 2.21. The molecule has 0 aromatic rings. The maximum atomic E-state index is 11.6. The highest BCUT2D eigenvalue weighted by atomic mass is 16.7. The summed E-state index contributed by atoms with van der Waals surface area (Å²) in [6.45, 7) is 15.3. The zero-order valence-electron chi connectivity index (χ0n) is 13.2. The lowest BCUT2D eigenvalue weighted by Crippen LogP contribution is -2.30. The molecule has 0 amide bonds. The van der Waals surface area contributed by atoms with Crippen molar-refractivity contribution < 1.29 is 14.3 Å². The summed E-state index contributed by atoms with van der Waals surface area (Å²) >= 11 is 0. The Morgan fingerprint density at radius 3 is 2.21 bits per heavy atom. The Bertz CT molecular complexity index is 332. The molecular weight excluding hydrogens is 240 g/mol. The fraction of sp³-hybridized carbons (Fsp3) is 0.688. The zero-order valence-corrected chi connectivity index (χ0v) is 13.2. The van der Waals surface area contributed by atoms with E-state index in [-0.39, 0.29) is 12.8 Å². The maximum absolute atomic E-state index is 11.6. The van der Waals surface area contributed by atoms with Gasteiger partial charge in [0.25, 0.3) is 0 Å². The first-order chi connectivity index (χ1) is 8.60. The van der Waals surface area contributed by atoms with Crippen LogP contribution in [0.1, 0.15) is 54.4 Å². The van der Waals surface area contributed by atoms with E-state index in [4.69, 9.17) is 9.47 Å². The van der Waals surface area contributed by atoms with E-state index in [1.165, 1.54) is 5.57 Å². The Labute approximate surface area is 117 Å². The summed E-state index contributed by atoms with van der Waals surface area (Å²) in [7, 11) is 0. The van der Waals surface area contributed by atoms with E-state index in [0.29, 0.717) is 0 Å². The molecule has 0 aliphatic heterocycles. The van der Waals surface area contributed by atoms with E-state index >= 15 is 0 Å². The molecule has 0 N–H and O–H groups in total. The van der Waals surface area contributed by atoms with Crippen LogP contribution in [0.25, 0.3) is 0 Å². The molecule has 0 spiro atoms. The minimum Gasteiger partial charge on any atom is -0.438 e. The van der Waals surface area contributed by atoms with Crippen molar-refractivity contribution in [3.8, 4) is 0 Å². The summed E-state index contributed by atoms with van der Waals surface area (Å²) in [5, 5.41) is 0. The molecule has 1 unspecified atom stereocenters. The van der Waals surface area contributed by atoms with Gasteiger partial charge in [-0.1, -0.05) is 17.7 Å². The van der Waals surface area contributed by atoms with Crippen molar-refractivity contribution in [2.75, 3.05) is 6.79 Å². The van der Waals surface area contributed by atoms with Gasteiger partial charge in [-0.2, -0.15) is 0 Å². The molecule has 3 nitrogen and oxygen atoms in total. The quantitative estimate of drug-likeness (QED) is 0.393. The molecule has 0 aromatic heterocycles. The number of hydrogen-bond donors (Lipinski definition) is 0. The molecule has 0 fully saturated rings. The molecule has 0 heterocycles. The number of esters is 1. The normalized spacial score (nSPS) is 14.4. The standard InChI is InChI=1S/C16H28O3/c1-8-16(7,11-9-10-13(2)3)19-12-18-14(17)15(4,5)6/h8,10H,1,9,11-12H2,2-7H3. The zero-order chi connectivity index (χ0) is 15.1. The van der Waals surface area contributed by atoms with Crippen LogP contribution in [0.5, 0.6) is 0 Å². The second-order valence-corrected chi connectivity index (χ2v) is 6.28. The van der Waals surface area contributed by atoms with E-state index in [1.54, 1.807) is 6.08 Å². The molecule has 110 valence electrons. The Morgan fingerprint density at radius 2 is 1.79 bits per heavy atom. The van der Waals surface area contributed by atoms with E-state index in [2.05, 4.69) is 26.5 Å². The Kier molecular flexibility index (Phi) is 7.06. The van der Waals surface area contributed by atoms with Crippen LogP contribution in [0, 0.1) is 5.41 Å². The van der Waals surface area contributed by atoms with Crippen LogP contribution in [0.15, 0.2) is 24.3 Å². The third-order valence-corrected chi connectivity index (χ3v) is 2.82. The van der Waals surface area contributed by atoms with Crippen molar-refractivity contribution >= 4 is 5.97 Å². The number of rotatable bonds is 7. The van der Waals surface area contributed by atoms with E-state index in [0.717, 1.165) is 12.8 Å². The lowest BCUT2D eigenvalue weighted by molar-refractivity contribution is -0.175. The summed E-state index contributed by atoms with van der Waals surface area (Å²) in [6.07, 6.45) is 5.65. The summed E-state index contributed by atoms with van der Waals surface area (Å²) in [5.74, 6) is -0.261. The second-order valence-electron chi connectivity index (χ2n) is 6.28. The SMILES string of the molecule is C=CC(C)(CCC=C(C)C)OCOC(=O)C(C)(C)C. The smallest absolute Gasteiger partial charge is 0.313 e. The van der Waals surface area contributed by atoms with Gasteiger partial charge in [0, 0.05) is 0 Å². The highest BCUT2D eigenvalue weighted by Gasteiger charge is 2.25. The monoisotopic (exact) mass is 268 g/mol. The third-order valence-electron chi connectivity index (χ3n) is 2.82. The fourth-order valence-electron chi connectivity index (χ4n) is 1.31. The van der Waals surface area contributed by atoms with Crippen molar-refractivity contribution in [2.45, 2.75) is 60.0 Å². The van der Waals surface area contributed by atoms with Crippen LogP contribution in [0.3, 0.4) is 0 Å². The van der Waals surface area contributed by atoms with Crippen LogP contribution in [-0.2, 0) is 14.3 Å². The van der Waals surface area contributed by atoms with Crippen molar-refractivity contribution in [2.24, 2.45) is 5.41 Å². The van der Waals surface area contributed by atoms with Gasteiger partial charge >= 0.3 is 5.97 Å². The van der Waals surface area contributed by atoms with Crippen LogP contribution < -0.4 is 0 Å². The third kappa shape index (κ3) is 7.83. The molecule has 19 heavy (non-hydrogen) atoms. The van der Waals surface area contributed by atoms with Crippen LogP contribution in [0.2, 0.25) is 0 Å². The predicted molar refractivity (Wildman–Crippen MR) is 78.8 cm³/mol. The molecule has 1 atom stereocenters. The molecule has 0 rings (SSSR count). The lowest BCUT2D eigenvalue weighted by Gasteiger charge is -2.26. The number of hydrogen-bond acceptors (Lipinski definition) is 3. The van der Waals surface area contributed by atoms with Crippen molar-refractivity contribution in [1.29, 1.82) is 0 Å². The minimum atomic E-state index is -0.504. The first-order valence-corrected chi connectivity index (χ1v) is 6.69. The summed E-state index contributed by atoms with van der Waals surface area (Å²) in [5.41, 5.74) is 0.311. The van der Waals surface area contributed by atoms with Gasteiger partial charge in [0.05, 0.1) is 11.0 Å². The summed E-state index contributed by atoms with van der Waals surface area (Å²) in [4.78, 5) is 11.6. The van der Waals surface area contributed by atoms with E-state index in [9.17, 15) is 4.79 Å².